The number of hydrogen-bond acceptors (Lipinski definition) is 9. The van der Waals surface area contributed by atoms with Crippen LogP contribution in [0.2, 0.25) is 0 Å². The Morgan fingerprint density at radius 3 is 2.66 bits per heavy atom. The highest BCUT2D eigenvalue weighted by atomic mass is 32.2. The number of anilines is 1. The lowest BCUT2D eigenvalue weighted by atomic mass is 10.1. The number of aromatic nitrogens is 6. The third-order valence-corrected chi connectivity index (χ3v) is 6.86. The van der Waals surface area contributed by atoms with E-state index in [9.17, 15) is 14.4 Å². The van der Waals surface area contributed by atoms with Crippen LogP contribution < -0.4 is 5.32 Å². The van der Waals surface area contributed by atoms with Gasteiger partial charge < -0.3 is 5.32 Å². The highest BCUT2D eigenvalue weighted by molar-refractivity contribution is 8.15. The highest BCUT2D eigenvalue weighted by Crippen LogP contribution is 2.33. The third-order valence-electron chi connectivity index (χ3n) is 5.69. The molecule has 3 aromatic heterocycles. The third kappa shape index (κ3) is 5.67. The molecule has 192 valence electrons. The smallest absolute Gasteiger partial charge is 0.242 e. The van der Waals surface area contributed by atoms with Gasteiger partial charge in [-0.15, -0.1) is 0 Å². The SMILES string of the molecule is CC(=O)c1ccc(NC(=O)CC2SC(=Nc3cnn(C)c3)N(Cc3ccnc(-n4cncn4)c3)C2=O)cc1. The van der Waals surface area contributed by atoms with Crippen molar-refractivity contribution in [1.29, 1.82) is 0 Å². The topological polar surface area (TPSA) is 140 Å². The van der Waals surface area contributed by atoms with E-state index in [-0.39, 0.29) is 30.6 Å². The van der Waals surface area contributed by atoms with Crippen molar-refractivity contribution in [3.63, 3.8) is 0 Å². The maximum absolute atomic E-state index is 13.5. The zero-order valence-corrected chi connectivity index (χ0v) is 21.4. The van der Waals surface area contributed by atoms with Gasteiger partial charge in [0.2, 0.25) is 11.8 Å². The standard InChI is InChI=1S/C25H23N9O3S/c1-16(35)18-3-5-19(6-4-18)30-23(36)10-21-24(37)33(25(38-21)31-20-11-28-32(2)13-20)12-17-7-8-27-22(9-17)34-15-26-14-29-34/h3-9,11,13-15,21H,10,12H2,1-2H3,(H,30,36). The van der Waals surface area contributed by atoms with Gasteiger partial charge in [0.25, 0.3) is 0 Å². The van der Waals surface area contributed by atoms with Crippen LogP contribution >= 0.6 is 11.8 Å². The van der Waals surface area contributed by atoms with Crippen LogP contribution in [0.5, 0.6) is 0 Å². The summed E-state index contributed by atoms with van der Waals surface area (Å²) in [6.07, 6.45) is 7.91. The van der Waals surface area contributed by atoms with Gasteiger partial charge in [-0.25, -0.2) is 19.6 Å². The number of carbonyl (C=O) groups is 3. The quantitative estimate of drug-likeness (QED) is 0.344. The summed E-state index contributed by atoms with van der Waals surface area (Å²) in [6, 6.07) is 10.3. The number of pyridine rings is 1. The molecule has 1 unspecified atom stereocenters. The van der Waals surface area contributed by atoms with Crippen LogP contribution in [0.3, 0.4) is 0 Å². The second kappa shape index (κ2) is 10.8. The molecule has 0 saturated carbocycles. The summed E-state index contributed by atoms with van der Waals surface area (Å²) in [5.41, 5.74) is 2.52. The van der Waals surface area contributed by atoms with Crippen molar-refractivity contribution in [3.05, 3.63) is 78.8 Å². The first-order valence-corrected chi connectivity index (χ1v) is 12.5. The second-order valence-corrected chi connectivity index (χ2v) is 9.72. The van der Waals surface area contributed by atoms with Gasteiger partial charge in [-0.1, -0.05) is 11.8 Å². The zero-order chi connectivity index (χ0) is 26.6. The molecular weight excluding hydrogens is 506 g/mol. The molecule has 1 saturated heterocycles. The van der Waals surface area contributed by atoms with E-state index < -0.39 is 5.25 Å². The maximum atomic E-state index is 13.5. The molecule has 0 aliphatic carbocycles. The van der Waals surface area contributed by atoms with Crippen LogP contribution in [0.15, 0.2) is 72.6 Å². The number of carbonyl (C=O) groups excluding carboxylic acids is 3. The van der Waals surface area contributed by atoms with Crippen LogP contribution in [-0.2, 0) is 23.2 Å². The van der Waals surface area contributed by atoms with E-state index in [1.54, 1.807) is 65.8 Å². The van der Waals surface area contributed by atoms with Crippen molar-refractivity contribution in [1.82, 2.24) is 34.4 Å². The van der Waals surface area contributed by atoms with Gasteiger partial charge in [0, 0.05) is 30.9 Å². The number of aryl methyl sites for hydroxylation is 1. The predicted octanol–water partition coefficient (Wildman–Crippen LogP) is 2.76. The van der Waals surface area contributed by atoms with Crippen molar-refractivity contribution in [2.45, 2.75) is 25.1 Å². The fourth-order valence-electron chi connectivity index (χ4n) is 3.81. The van der Waals surface area contributed by atoms with Gasteiger partial charge in [-0.3, -0.25) is 24.0 Å². The lowest BCUT2D eigenvalue weighted by Crippen LogP contribution is -2.33. The first kappa shape index (κ1) is 25.0. The van der Waals surface area contributed by atoms with Crippen molar-refractivity contribution in [2.75, 3.05) is 5.32 Å². The largest absolute Gasteiger partial charge is 0.326 e. The minimum Gasteiger partial charge on any atom is -0.326 e. The Labute approximate surface area is 221 Å². The lowest BCUT2D eigenvalue weighted by molar-refractivity contribution is -0.128. The number of hydrogen-bond donors (Lipinski definition) is 1. The summed E-state index contributed by atoms with van der Waals surface area (Å²) < 4.78 is 3.16. The van der Waals surface area contributed by atoms with Gasteiger partial charge in [-0.05, 0) is 48.9 Å². The molecule has 4 aromatic rings. The van der Waals surface area contributed by atoms with Gasteiger partial charge >= 0.3 is 0 Å². The summed E-state index contributed by atoms with van der Waals surface area (Å²) in [5, 5.41) is 10.9. The first-order chi connectivity index (χ1) is 18.4. The van der Waals surface area contributed by atoms with Crippen LogP contribution in [0.1, 0.15) is 29.3 Å². The molecule has 38 heavy (non-hydrogen) atoms. The van der Waals surface area contributed by atoms with E-state index in [0.717, 1.165) is 5.56 Å². The summed E-state index contributed by atoms with van der Waals surface area (Å²) in [4.78, 5) is 52.2. The molecule has 12 nitrogen and oxygen atoms in total. The van der Waals surface area contributed by atoms with E-state index in [1.165, 1.54) is 29.7 Å². The molecular formula is C25H23N9O3S. The number of nitrogens with zero attached hydrogens (tertiary/aromatic N) is 8. The number of amidine groups is 1. The Bertz CT molecular complexity index is 1510. The molecule has 0 bridgehead atoms. The molecule has 1 aliphatic rings. The van der Waals surface area contributed by atoms with Gasteiger partial charge in [0.15, 0.2) is 16.8 Å². The predicted molar refractivity (Wildman–Crippen MR) is 141 cm³/mol. The number of ketones is 1. The Hall–Kier alpha value is -4.65. The Morgan fingerprint density at radius 1 is 1.16 bits per heavy atom. The molecule has 1 N–H and O–H groups in total. The molecule has 1 aliphatic heterocycles. The highest BCUT2D eigenvalue weighted by Gasteiger charge is 2.39. The van der Waals surface area contributed by atoms with Gasteiger partial charge in [-0.2, -0.15) is 10.2 Å². The summed E-state index contributed by atoms with van der Waals surface area (Å²) in [7, 11) is 1.78. The molecule has 0 radical (unpaired) electrons. The van der Waals surface area contributed by atoms with Crippen molar-refractivity contribution < 1.29 is 14.4 Å². The fourth-order valence-corrected chi connectivity index (χ4v) is 4.97. The van der Waals surface area contributed by atoms with Crippen LogP contribution in [-0.4, -0.2) is 62.4 Å². The molecule has 0 spiro atoms. The molecule has 2 amide bonds. The maximum Gasteiger partial charge on any atom is 0.242 e. The molecule has 1 aromatic carbocycles. The number of benzene rings is 1. The van der Waals surface area contributed by atoms with E-state index in [4.69, 9.17) is 0 Å². The number of rotatable bonds is 8. The summed E-state index contributed by atoms with van der Waals surface area (Å²) in [6.45, 7) is 1.72. The number of amides is 2. The van der Waals surface area contributed by atoms with E-state index in [1.807, 2.05) is 12.1 Å². The zero-order valence-electron chi connectivity index (χ0n) is 20.6. The number of aliphatic imine (C=N–C) groups is 1. The molecule has 5 rings (SSSR count). The molecule has 1 atom stereocenters. The second-order valence-electron chi connectivity index (χ2n) is 8.55. The average Bonchev–Trinajstić information content (AvgIpc) is 3.64. The van der Waals surface area contributed by atoms with Crippen molar-refractivity contribution >= 4 is 45.9 Å². The summed E-state index contributed by atoms with van der Waals surface area (Å²) >= 11 is 1.24. The molecule has 4 heterocycles. The van der Waals surface area contributed by atoms with Gasteiger partial charge in [0.05, 0.1) is 18.9 Å². The Kier molecular flexibility index (Phi) is 7.09. The summed E-state index contributed by atoms with van der Waals surface area (Å²) in [5.74, 6) is -0.0269. The monoisotopic (exact) mass is 529 g/mol. The van der Waals surface area contributed by atoms with Crippen LogP contribution in [0.25, 0.3) is 5.82 Å². The number of nitrogens with one attached hydrogen (secondary N) is 1. The van der Waals surface area contributed by atoms with Crippen molar-refractivity contribution in [2.24, 2.45) is 12.0 Å². The van der Waals surface area contributed by atoms with Gasteiger partial charge in [0.1, 0.15) is 23.6 Å². The van der Waals surface area contributed by atoms with Crippen LogP contribution in [0, 0.1) is 0 Å². The first-order valence-electron chi connectivity index (χ1n) is 11.6. The minimum atomic E-state index is -0.654. The average molecular weight is 530 g/mol. The minimum absolute atomic E-state index is 0.0406. The molecule has 13 heteroatoms. The van der Waals surface area contributed by atoms with E-state index in [2.05, 4.69) is 30.5 Å². The normalized spacial score (nSPS) is 16.3. The molecule has 1 fully saturated rings. The fraction of sp³-hybridized carbons (Fsp3) is 0.200. The lowest BCUT2D eigenvalue weighted by Gasteiger charge is -2.17. The Morgan fingerprint density at radius 2 is 1.97 bits per heavy atom. The number of Topliss-reactive ketones (excluding diaryl/α,β-unsaturated/α-hetero) is 1. The van der Waals surface area contributed by atoms with Crippen molar-refractivity contribution in [3.8, 4) is 5.82 Å². The van der Waals surface area contributed by atoms with E-state index >= 15 is 0 Å². The Balaban J connectivity index is 1.34. The van der Waals surface area contributed by atoms with Crippen LogP contribution in [0.4, 0.5) is 11.4 Å². The number of thioether (sulfide) groups is 1. The van der Waals surface area contributed by atoms with E-state index in [0.29, 0.717) is 27.9 Å².